The molecule has 22 heavy (non-hydrogen) atoms. The van der Waals surface area contributed by atoms with Crippen LogP contribution in [0.2, 0.25) is 0 Å². The molecular weight excluding hydrogens is 272 g/mol. The predicted molar refractivity (Wildman–Crippen MR) is 90.3 cm³/mol. The fourth-order valence-electron chi connectivity index (χ4n) is 2.86. The number of fused-ring (bicyclic) bond motifs is 1. The summed E-state index contributed by atoms with van der Waals surface area (Å²) in [5.74, 6) is 0.745. The quantitative estimate of drug-likeness (QED) is 0.746. The standard InChI is InChI=1S/C19H18N2O/c1-19(2)12-22-18(21-19)16-6-4-3-5-15(16)13-7-8-17-14(11-13)9-10-20-17/h3-11,20H,12H2,1-2H3. The van der Waals surface area contributed by atoms with Crippen molar-refractivity contribution in [2.75, 3.05) is 6.61 Å². The van der Waals surface area contributed by atoms with Gasteiger partial charge in [0.25, 0.3) is 0 Å². The lowest BCUT2D eigenvalue weighted by Gasteiger charge is -2.09. The van der Waals surface area contributed by atoms with Crippen molar-refractivity contribution in [3.8, 4) is 11.1 Å². The molecular formula is C19H18N2O. The number of ether oxygens (including phenoxy) is 1. The molecule has 2 heterocycles. The van der Waals surface area contributed by atoms with Crippen molar-refractivity contribution in [2.24, 2.45) is 4.99 Å². The highest BCUT2D eigenvalue weighted by atomic mass is 16.5. The first kappa shape index (κ1) is 13.1. The SMILES string of the molecule is CC1(C)COC(c2ccccc2-c2ccc3[nH]ccc3c2)=N1. The third kappa shape index (κ3) is 2.19. The van der Waals surface area contributed by atoms with Gasteiger partial charge >= 0.3 is 0 Å². The van der Waals surface area contributed by atoms with Crippen LogP contribution in [-0.4, -0.2) is 23.0 Å². The van der Waals surface area contributed by atoms with Crippen LogP contribution in [0.25, 0.3) is 22.0 Å². The second kappa shape index (κ2) is 4.73. The molecule has 3 heteroatoms. The van der Waals surface area contributed by atoms with Gasteiger partial charge in [-0.15, -0.1) is 0 Å². The van der Waals surface area contributed by atoms with Gasteiger partial charge < -0.3 is 9.72 Å². The second-order valence-electron chi connectivity index (χ2n) is 6.34. The van der Waals surface area contributed by atoms with E-state index in [1.165, 1.54) is 10.9 Å². The average Bonchev–Trinajstić information content (AvgIpc) is 3.12. The van der Waals surface area contributed by atoms with E-state index in [4.69, 9.17) is 9.73 Å². The molecule has 1 N–H and O–H groups in total. The molecule has 0 unspecified atom stereocenters. The normalized spacial score (nSPS) is 16.5. The summed E-state index contributed by atoms with van der Waals surface area (Å²) in [7, 11) is 0. The van der Waals surface area contributed by atoms with Crippen LogP contribution in [0, 0.1) is 0 Å². The van der Waals surface area contributed by atoms with E-state index in [2.05, 4.69) is 61.3 Å². The summed E-state index contributed by atoms with van der Waals surface area (Å²) >= 11 is 0. The van der Waals surface area contributed by atoms with E-state index >= 15 is 0 Å². The molecule has 3 nitrogen and oxygen atoms in total. The van der Waals surface area contributed by atoms with Crippen molar-refractivity contribution in [2.45, 2.75) is 19.4 Å². The number of benzene rings is 2. The molecule has 0 atom stereocenters. The maximum atomic E-state index is 5.83. The number of aromatic nitrogens is 1. The van der Waals surface area contributed by atoms with Crippen LogP contribution in [0.15, 0.2) is 59.7 Å². The van der Waals surface area contributed by atoms with E-state index in [-0.39, 0.29) is 5.54 Å². The number of H-pyrrole nitrogens is 1. The maximum Gasteiger partial charge on any atom is 0.217 e. The van der Waals surface area contributed by atoms with Gasteiger partial charge in [0, 0.05) is 17.3 Å². The fourth-order valence-corrected chi connectivity index (χ4v) is 2.86. The molecule has 0 fully saturated rings. The molecule has 110 valence electrons. The largest absolute Gasteiger partial charge is 0.475 e. The van der Waals surface area contributed by atoms with Crippen LogP contribution in [0.5, 0.6) is 0 Å². The summed E-state index contributed by atoms with van der Waals surface area (Å²) in [6, 6.07) is 16.8. The van der Waals surface area contributed by atoms with E-state index in [9.17, 15) is 0 Å². The predicted octanol–water partition coefficient (Wildman–Crippen LogP) is 4.39. The Labute approximate surface area is 129 Å². The van der Waals surface area contributed by atoms with Crippen molar-refractivity contribution in [3.63, 3.8) is 0 Å². The minimum absolute atomic E-state index is 0.146. The zero-order chi connectivity index (χ0) is 15.2. The van der Waals surface area contributed by atoms with Crippen LogP contribution >= 0.6 is 0 Å². The minimum atomic E-state index is -0.146. The van der Waals surface area contributed by atoms with Gasteiger partial charge in [0.1, 0.15) is 6.61 Å². The Balaban J connectivity index is 1.85. The molecule has 4 rings (SSSR count). The molecule has 3 aromatic rings. The van der Waals surface area contributed by atoms with Crippen molar-refractivity contribution >= 4 is 16.8 Å². The molecule has 0 bridgehead atoms. The molecule has 0 radical (unpaired) electrons. The number of aromatic amines is 1. The van der Waals surface area contributed by atoms with Crippen LogP contribution in [0.1, 0.15) is 19.4 Å². The highest BCUT2D eigenvalue weighted by Gasteiger charge is 2.28. The molecule has 0 amide bonds. The highest BCUT2D eigenvalue weighted by molar-refractivity contribution is 6.02. The van der Waals surface area contributed by atoms with E-state index in [1.807, 2.05) is 12.3 Å². The summed E-state index contributed by atoms with van der Waals surface area (Å²) in [5.41, 5.74) is 4.40. The Morgan fingerprint density at radius 2 is 1.86 bits per heavy atom. The molecule has 0 saturated heterocycles. The van der Waals surface area contributed by atoms with Gasteiger partial charge in [0.2, 0.25) is 5.90 Å². The number of nitrogens with zero attached hydrogens (tertiary/aromatic N) is 1. The van der Waals surface area contributed by atoms with Crippen molar-refractivity contribution in [3.05, 3.63) is 60.3 Å². The molecule has 1 aliphatic rings. The topological polar surface area (TPSA) is 37.4 Å². The Morgan fingerprint density at radius 1 is 1.05 bits per heavy atom. The number of hydrogen-bond donors (Lipinski definition) is 1. The third-order valence-corrected chi connectivity index (χ3v) is 3.99. The molecule has 0 saturated carbocycles. The van der Waals surface area contributed by atoms with Crippen molar-refractivity contribution in [1.29, 1.82) is 0 Å². The van der Waals surface area contributed by atoms with Crippen molar-refractivity contribution < 1.29 is 4.74 Å². The zero-order valence-corrected chi connectivity index (χ0v) is 12.8. The van der Waals surface area contributed by atoms with Gasteiger partial charge in [-0.1, -0.05) is 24.3 Å². The summed E-state index contributed by atoms with van der Waals surface area (Å²) in [5, 5.41) is 1.21. The first-order chi connectivity index (χ1) is 10.6. The molecule has 2 aromatic carbocycles. The lowest BCUT2D eigenvalue weighted by molar-refractivity contribution is 0.279. The Morgan fingerprint density at radius 3 is 2.64 bits per heavy atom. The van der Waals surface area contributed by atoms with Crippen LogP contribution < -0.4 is 0 Å². The number of hydrogen-bond acceptors (Lipinski definition) is 2. The Bertz CT molecular complexity index is 874. The van der Waals surface area contributed by atoms with Gasteiger partial charge in [0.05, 0.1) is 5.54 Å². The first-order valence-electron chi connectivity index (χ1n) is 7.52. The second-order valence-corrected chi connectivity index (χ2v) is 6.34. The van der Waals surface area contributed by atoms with E-state index in [0.717, 1.165) is 22.5 Å². The lowest BCUT2D eigenvalue weighted by atomic mass is 9.98. The first-order valence-corrected chi connectivity index (χ1v) is 7.52. The summed E-state index contributed by atoms with van der Waals surface area (Å²) in [6.07, 6.45) is 1.97. The third-order valence-electron chi connectivity index (χ3n) is 3.99. The minimum Gasteiger partial charge on any atom is -0.475 e. The Hall–Kier alpha value is -2.55. The average molecular weight is 290 g/mol. The fraction of sp³-hybridized carbons (Fsp3) is 0.211. The number of aliphatic imine (C=N–C) groups is 1. The van der Waals surface area contributed by atoms with E-state index < -0.39 is 0 Å². The molecule has 1 aromatic heterocycles. The number of nitrogens with one attached hydrogen (secondary N) is 1. The van der Waals surface area contributed by atoms with Gasteiger partial charge in [-0.25, -0.2) is 4.99 Å². The summed E-state index contributed by atoms with van der Waals surface area (Å²) < 4.78 is 5.83. The van der Waals surface area contributed by atoms with E-state index in [0.29, 0.717) is 6.61 Å². The highest BCUT2D eigenvalue weighted by Crippen LogP contribution is 2.30. The zero-order valence-electron chi connectivity index (χ0n) is 12.8. The maximum absolute atomic E-state index is 5.83. The monoisotopic (exact) mass is 290 g/mol. The number of rotatable bonds is 2. The molecule has 0 spiro atoms. The lowest BCUT2D eigenvalue weighted by Crippen LogP contribution is -2.17. The molecule has 0 aliphatic carbocycles. The summed E-state index contributed by atoms with van der Waals surface area (Å²) in [4.78, 5) is 7.95. The van der Waals surface area contributed by atoms with Gasteiger partial charge in [0.15, 0.2) is 0 Å². The summed E-state index contributed by atoms with van der Waals surface area (Å²) in [6.45, 7) is 4.82. The van der Waals surface area contributed by atoms with Crippen molar-refractivity contribution in [1.82, 2.24) is 4.98 Å². The van der Waals surface area contributed by atoms with Gasteiger partial charge in [-0.05, 0) is 54.6 Å². The van der Waals surface area contributed by atoms with Crippen LogP contribution in [-0.2, 0) is 4.74 Å². The van der Waals surface area contributed by atoms with Gasteiger partial charge in [-0.2, -0.15) is 0 Å². The van der Waals surface area contributed by atoms with E-state index in [1.54, 1.807) is 0 Å². The van der Waals surface area contributed by atoms with Crippen LogP contribution in [0.4, 0.5) is 0 Å². The molecule has 1 aliphatic heterocycles. The van der Waals surface area contributed by atoms with Crippen LogP contribution in [0.3, 0.4) is 0 Å². The van der Waals surface area contributed by atoms with Gasteiger partial charge in [-0.3, -0.25) is 0 Å². The smallest absolute Gasteiger partial charge is 0.217 e. The Kier molecular flexibility index (Phi) is 2.83.